The highest BCUT2D eigenvalue weighted by molar-refractivity contribution is 5.35. The maximum absolute atomic E-state index is 5.67. The van der Waals surface area contributed by atoms with Crippen molar-refractivity contribution in [3.63, 3.8) is 0 Å². The molecule has 0 spiro atoms. The third-order valence-electron chi connectivity index (χ3n) is 4.05. The number of fused-ring (bicyclic) bond motifs is 1. The summed E-state index contributed by atoms with van der Waals surface area (Å²) in [6.45, 7) is 2.43. The quantitative estimate of drug-likeness (QED) is 0.873. The predicted octanol–water partition coefficient (Wildman–Crippen LogP) is 2.92. The van der Waals surface area contributed by atoms with Crippen molar-refractivity contribution in [3.05, 3.63) is 70.3 Å². The standard InChI is InChI=1S/C18H22N2/c19-11-14-3-1-4-15(9-14)12-20-13-16-7-8-17-5-2-6-18(17)10-16/h1,3-4,7-10,20H,2,5-6,11-13,19H2. The molecule has 0 atom stereocenters. The number of nitrogens with two attached hydrogens (primary N) is 1. The van der Waals surface area contributed by atoms with Crippen LogP contribution in [-0.2, 0) is 32.5 Å². The summed E-state index contributed by atoms with van der Waals surface area (Å²) in [6, 6.07) is 15.4. The first-order valence-electron chi connectivity index (χ1n) is 7.44. The topological polar surface area (TPSA) is 38.0 Å². The summed E-state index contributed by atoms with van der Waals surface area (Å²) in [5, 5.41) is 3.52. The molecule has 0 unspecified atom stereocenters. The van der Waals surface area contributed by atoms with Crippen molar-refractivity contribution < 1.29 is 0 Å². The smallest absolute Gasteiger partial charge is 0.0208 e. The fourth-order valence-electron chi connectivity index (χ4n) is 2.95. The molecular weight excluding hydrogens is 244 g/mol. The third-order valence-corrected chi connectivity index (χ3v) is 4.05. The molecule has 1 aliphatic carbocycles. The van der Waals surface area contributed by atoms with Crippen molar-refractivity contribution in [2.75, 3.05) is 0 Å². The van der Waals surface area contributed by atoms with E-state index in [2.05, 4.69) is 47.8 Å². The minimum atomic E-state index is 0.610. The second-order valence-corrected chi connectivity index (χ2v) is 5.58. The normalized spacial score (nSPS) is 13.4. The van der Waals surface area contributed by atoms with Crippen molar-refractivity contribution in [2.45, 2.75) is 38.9 Å². The molecule has 0 fully saturated rings. The van der Waals surface area contributed by atoms with Gasteiger partial charge < -0.3 is 11.1 Å². The van der Waals surface area contributed by atoms with E-state index in [1.54, 1.807) is 11.1 Å². The average Bonchev–Trinajstić information content (AvgIpc) is 2.95. The highest BCUT2D eigenvalue weighted by Gasteiger charge is 2.10. The number of benzene rings is 2. The van der Waals surface area contributed by atoms with Crippen LogP contribution < -0.4 is 11.1 Å². The summed E-state index contributed by atoms with van der Waals surface area (Å²) < 4.78 is 0. The van der Waals surface area contributed by atoms with Crippen LogP contribution in [0.1, 0.15) is 34.2 Å². The Morgan fingerprint density at radius 2 is 1.60 bits per heavy atom. The highest BCUT2D eigenvalue weighted by Crippen LogP contribution is 2.22. The van der Waals surface area contributed by atoms with E-state index in [1.165, 1.54) is 36.0 Å². The third kappa shape index (κ3) is 3.09. The summed E-state index contributed by atoms with van der Waals surface area (Å²) in [7, 11) is 0. The Hall–Kier alpha value is -1.64. The van der Waals surface area contributed by atoms with Crippen molar-refractivity contribution >= 4 is 0 Å². The monoisotopic (exact) mass is 266 g/mol. The van der Waals surface area contributed by atoms with E-state index < -0.39 is 0 Å². The lowest BCUT2D eigenvalue weighted by Crippen LogP contribution is -2.13. The molecule has 0 radical (unpaired) electrons. The Balaban J connectivity index is 1.57. The minimum Gasteiger partial charge on any atom is -0.326 e. The average molecular weight is 266 g/mol. The first kappa shape index (κ1) is 13.3. The number of rotatable bonds is 5. The van der Waals surface area contributed by atoms with Gasteiger partial charge in [0.25, 0.3) is 0 Å². The van der Waals surface area contributed by atoms with E-state index in [1.807, 2.05) is 0 Å². The van der Waals surface area contributed by atoms with Gasteiger partial charge in [0.15, 0.2) is 0 Å². The molecule has 0 aliphatic heterocycles. The van der Waals surface area contributed by atoms with Crippen LogP contribution in [-0.4, -0.2) is 0 Å². The van der Waals surface area contributed by atoms with E-state index >= 15 is 0 Å². The van der Waals surface area contributed by atoms with E-state index in [4.69, 9.17) is 5.73 Å². The predicted molar refractivity (Wildman–Crippen MR) is 83.3 cm³/mol. The number of hydrogen-bond acceptors (Lipinski definition) is 2. The van der Waals surface area contributed by atoms with Gasteiger partial charge in [0.2, 0.25) is 0 Å². The van der Waals surface area contributed by atoms with Gasteiger partial charge in [-0.2, -0.15) is 0 Å². The first-order chi connectivity index (χ1) is 9.85. The Morgan fingerprint density at radius 1 is 0.850 bits per heavy atom. The van der Waals surface area contributed by atoms with Gasteiger partial charge in [-0.1, -0.05) is 42.5 Å². The lowest BCUT2D eigenvalue weighted by atomic mass is 10.1. The van der Waals surface area contributed by atoms with Crippen molar-refractivity contribution in [1.82, 2.24) is 5.32 Å². The second-order valence-electron chi connectivity index (χ2n) is 5.58. The van der Waals surface area contributed by atoms with Crippen LogP contribution in [0.25, 0.3) is 0 Å². The van der Waals surface area contributed by atoms with Crippen LogP contribution in [0, 0.1) is 0 Å². The van der Waals surface area contributed by atoms with Gasteiger partial charge in [-0.15, -0.1) is 0 Å². The molecule has 2 heteroatoms. The van der Waals surface area contributed by atoms with E-state index in [9.17, 15) is 0 Å². The van der Waals surface area contributed by atoms with Crippen LogP contribution in [0.2, 0.25) is 0 Å². The molecule has 3 N–H and O–H groups in total. The van der Waals surface area contributed by atoms with Crippen LogP contribution in [0.5, 0.6) is 0 Å². The minimum absolute atomic E-state index is 0.610. The lowest BCUT2D eigenvalue weighted by molar-refractivity contribution is 0.692. The number of hydrogen-bond donors (Lipinski definition) is 2. The zero-order valence-corrected chi connectivity index (χ0v) is 11.9. The molecular formula is C18H22N2. The zero-order chi connectivity index (χ0) is 13.8. The Labute approximate surface area is 121 Å². The molecule has 0 saturated carbocycles. The Morgan fingerprint density at radius 3 is 2.45 bits per heavy atom. The molecule has 0 heterocycles. The van der Waals surface area contributed by atoms with Gasteiger partial charge in [0.1, 0.15) is 0 Å². The molecule has 104 valence electrons. The molecule has 0 aromatic heterocycles. The van der Waals surface area contributed by atoms with E-state index in [0.29, 0.717) is 6.54 Å². The SMILES string of the molecule is NCc1cccc(CNCc2ccc3c(c2)CCC3)c1. The second kappa shape index (κ2) is 6.21. The fraction of sp³-hybridized carbons (Fsp3) is 0.333. The summed E-state index contributed by atoms with van der Waals surface area (Å²) >= 11 is 0. The molecule has 2 nitrogen and oxygen atoms in total. The van der Waals surface area contributed by atoms with Gasteiger partial charge in [-0.05, 0) is 47.1 Å². The zero-order valence-electron chi connectivity index (χ0n) is 11.9. The van der Waals surface area contributed by atoms with Gasteiger partial charge in [-0.3, -0.25) is 0 Å². The number of nitrogens with one attached hydrogen (secondary N) is 1. The van der Waals surface area contributed by atoms with Crippen molar-refractivity contribution in [3.8, 4) is 0 Å². The summed E-state index contributed by atoms with van der Waals surface area (Å²) in [5.74, 6) is 0. The molecule has 0 saturated heterocycles. The Bertz CT molecular complexity index is 590. The largest absolute Gasteiger partial charge is 0.326 e. The van der Waals surface area contributed by atoms with Crippen LogP contribution in [0.15, 0.2) is 42.5 Å². The molecule has 0 amide bonds. The van der Waals surface area contributed by atoms with Crippen LogP contribution >= 0.6 is 0 Å². The highest BCUT2D eigenvalue weighted by atomic mass is 14.8. The molecule has 2 aromatic rings. The van der Waals surface area contributed by atoms with Gasteiger partial charge in [0.05, 0.1) is 0 Å². The van der Waals surface area contributed by atoms with Crippen LogP contribution in [0.4, 0.5) is 0 Å². The summed E-state index contributed by atoms with van der Waals surface area (Å²) in [4.78, 5) is 0. The lowest BCUT2D eigenvalue weighted by Gasteiger charge is -2.08. The van der Waals surface area contributed by atoms with Crippen molar-refractivity contribution in [2.24, 2.45) is 5.73 Å². The number of aryl methyl sites for hydroxylation is 2. The fourth-order valence-corrected chi connectivity index (χ4v) is 2.95. The van der Waals surface area contributed by atoms with Gasteiger partial charge in [0, 0.05) is 19.6 Å². The molecule has 0 bridgehead atoms. The van der Waals surface area contributed by atoms with E-state index in [0.717, 1.165) is 13.1 Å². The maximum atomic E-state index is 5.67. The van der Waals surface area contributed by atoms with Crippen molar-refractivity contribution in [1.29, 1.82) is 0 Å². The van der Waals surface area contributed by atoms with Gasteiger partial charge >= 0.3 is 0 Å². The molecule has 20 heavy (non-hydrogen) atoms. The summed E-state index contributed by atoms with van der Waals surface area (Å²) in [6.07, 6.45) is 3.83. The molecule has 2 aromatic carbocycles. The molecule has 1 aliphatic rings. The van der Waals surface area contributed by atoms with Gasteiger partial charge in [-0.25, -0.2) is 0 Å². The Kier molecular flexibility index (Phi) is 4.14. The van der Waals surface area contributed by atoms with Crippen LogP contribution in [0.3, 0.4) is 0 Å². The first-order valence-corrected chi connectivity index (χ1v) is 7.44. The molecule has 3 rings (SSSR count). The maximum Gasteiger partial charge on any atom is 0.0208 e. The van der Waals surface area contributed by atoms with E-state index in [-0.39, 0.29) is 0 Å². The summed E-state index contributed by atoms with van der Waals surface area (Å²) in [5.41, 5.74) is 12.7.